The smallest absolute Gasteiger partial charge is 0.417 e. The van der Waals surface area contributed by atoms with E-state index in [9.17, 15) is 9.59 Å². The van der Waals surface area contributed by atoms with E-state index in [1.165, 1.54) is 23.4 Å². The van der Waals surface area contributed by atoms with Crippen LogP contribution in [0, 0.1) is 5.82 Å². The SMILES string of the molecule is CCOCc1cnc(Cl)nc1Oc1nccc(-c2cc3c([nH]2)C2(CCCC2)CN(C(=O)OC(C)(C)C)C3=O)c1F. The Morgan fingerprint density at radius 2 is 1.95 bits per heavy atom. The molecule has 0 unspecified atom stereocenters. The maximum atomic E-state index is 15.9. The van der Waals surface area contributed by atoms with Crippen LogP contribution in [0.2, 0.25) is 5.28 Å². The molecular formula is C28H31ClFN5O5. The van der Waals surface area contributed by atoms with E-state index in [0.29, 0.717) is 29.1 Å². The molecule has 0 atom stereocenters. The lowest BCUT2D eigenvalue weighted by atomic mass is 9.77. The number of carbonyl (C=O) groups is 2. The molecule has 40 heavy (non-hydrogen) atoms. The molecule has 3 aromatic heterocycles. The third-order valence-corrected chi connectivity index (χ3v) is 7.24. The highest BCUT2D eigenvalue weighted by Gasteiger charge is 2.49. The van der Waals surface area contributed by atoms with E-state index in [0.717, 1.165) is 25.7 Å². The Balaban J connectivity index is 1.51. The molecule has 1 saturated carbocycles. The largest absolute Gasteiger partial charge is 0.443 e. The van der Waals surface area contributed by atoms with Gasteiger partial charge in [-0.1, -0.05) is 12.8 Å². The number of pyridine rings is 1. The summed E-state index contributed by atoms with van der Waals surface area (Å²) in [5.74, 6) is -1.53. The van der Waals surface area contributed by atoms with Crippen LogP contribution in [0.5, 0.6) is 11.8 Å². The zero-order valence-electron chi connectivity index (χ0n) is 22.8. The first-order valence-electron chi connectivity index (χ1n) is 13.2. The molecule has 2 aliphatic rings. The molecule has 2 amide bonds. The molecule has 1 aliphatic carbocycles. The van der Waals surface area contributed by atoms with Crippen LogP contribution in [-0.2, 0) is 21.5 Å². The second kappa shape index (κ2) is 10.8. The van der Waals surface area contributed by atoms with Gasteiger partial charge in [0, 0.05) is 47.9 Å². The van der Waals surface area contributed by atoms with Crippen molar-refractivity contribution >= 4 is 23.6 Å². The molecular weight excluding hydrogens is 541 g/mol. The van der Waals surface area contributed by atoms with E-state index in [-0.39, 0.29) is 35.8 Å². The summed E-state index contributed by atoms with van der Waals surface area (Å²) in [5.41, 5.74) is 0.832. The summed E-state index contributed by atoms with van der Waals surface area (Å²) >= 11 is 5.95. The van der Waals surface area contributed by atoms with Gasteiger partial charge in [-0.25, -0.2) is 24.1 Å². The molecule has 3 aromatic rings. The lowest BCUT2D eigenvalue weighted by molar-refractivity contribution is 0.0180. The molecule has 0 aromatic carbocycles. The van der Waals surface area contributed by atoms with Crippen molar-refractivity contribution in [2.45, 2.75) is 71.0 Å². The Kier molecular flexibility index (Phi) is 7.54. The summed E-state index contributed by atoms with van der Waals surface area (Å²) in [6.07, 6.45) is 5.65. The second-order valence-electron chi connectivity index (χ2n) is 11.0. The van der Waals surface area contributed by atoms with Gasteiger partial charge >= 0.3 is 6.09 Å². The molecule has 12 heteroatoms. The summed E-state index contributed by atoms with van der Waals surface area (Å²) in [6.45, 7) is 7.91. The molecule has 4 heterocycles. The summed E-state index contributed by atoms with van der Waals surface area (Å²) in [5, 5.41) is -0.0706. The van der Waals surface area contributed by atoms with E-state index in [1.807, 2.05) is 6.92 Å². The molecule has 1 aliphatic heterocycles. The van der Waals surface area contributed by atoms with Crippen LogP contribution >= 0.6 is 11.6 Å². The zero-order chi connectivity index (χ0) is 28.7. The number of H-pyrrole nitrogens is 1. The molecule has 10 nitrogen and oxygen atoms in total. The topological polar surface area (TPSA) is 120 Å². The number of amides is 2. The van der Waals surface area contributed by atoms with Gasteiger partial charge in [-0.15, -0.1) is 0 Å². The maximum Gasteiger partial charge on any atom is 0.417 e. The van der Waals surface area contributed by atoms with E-state index < -0.39 is 28.8 Å². The summed E-state index contributed by atoms with van der Waals surface area (Å²) < 4.78 is 32.6. The molecule has 5 rings (SSSR count). The van der Waals surface area contributed by atoms with Gasteiger partial charge in [0.05, 0.1) is 17.7 Å². The molecule has 1 fully saturated rings. The van der Waals surface area contributed by atoms with Crippen LogP contribution in [-0.4, -0.2) is 55.6 Å². The van der Waals surface area contributed by atoms with Crippen molar-refractivity contribution in [1.29, 1.82) is 0 Å². The first-order valence-corrected chi connectivity index (χ1v) is 13.6. The molecule has 212 valence electrons. The Morgan fingerprint density at radius 1 is 1.20 bits per heavy atom. The second-order valence-corrected chi connectivity index (χ2v) is 11.4. The van der Waals surface area contributed by atoms with Gasteiger partial charge in [0.1, 0.15) is 5.60 Å². The van der Waals surface area contributed by atoms with E-state index in [4.69, 9.17) is 25.8 Å². The number of ether oxygens (including phenoxy) is 3. The third-order valence-electron chi connectivity index (χ3n) is 7.06. The van der Waals surface area contributed by atoms with Crippen molar-refractivity contribution in [3.05, 3.63) is 52.4 Å². The molecule has 0 bridgehead atoms. The zero-order valence-corrected chi connectivity index (χ0v) is 23.6. The van der Waals surface area contributed by atoms with Crippen molar-refractivity contribution in [3.63, 3.8) is 0 Å². The Bertz CT molecular complexity index is 1450. The van der Waals surface area contributed by atoms with Crippen LogP contribution in [0.3, 0.4) is 0 Å². The maximum absolute atomic E-state index is 15.9. The summed E-state index contributed by atoms with van der Waals surface area (Å²) in [6, 6.07) is 3.07. The van der Waals surface area contributed by atoms with Crippen LogP contribution in [0.4, 0.5) is 9.18 Å². The van der Waals surface area contributed by atoms with Gasteiger partial charge in [-0.3, -0.25) is 4.79 Å². The van der Waals surface area contributed by atoms with Gasteiger partial charge < -0.3 is 19.2 Å². The summed E-state index contributed by atoms with van der Waals surface area (Å²) in [4.78, 5) is 43.1. The van der Waals surface area contributed by atoms with Crippen molar-refractivity contribution in [1.82, 2.24) is 24.8 Å². The fourth-order valence-electron chi connectivity index (χ4n) is 5.28. The van der Waals surface area contributed by atoms with Crippen LogP contribution in [0.15, 0.2) is 24.5 Å². The fourth-order valence-corrected chi connectivity index (χ4v) is 5.40. The number of nitrogens with zero attached hydrogens (tertiary/aromatic N) is 4. The van der Waals surface area contributed by atoms with Crippen molar-refractivity contribution in [2.24, 2.45) is 0 Å². The minimum absolute atomic E-state index is 0.0240. The van der Waals surface area contributed by atoms with Gasteiger partial charge in [-0.05, 0) is 64.3 Å². The highest BCUT2D eigenvalue weighted by atomic mass is 35.5. The van der Waals surface area contributed by atoms with Gasteiger partial charge in [0.25, 0.3) is 11.8 Å². The lowest BCUT2D eigenvalue weighted by Crippen LogP contribution is -2.52. The number of imide groups is 1. The number of aromatic nitrogens is 4. The van der Waals surface area contributed by atoms with Crippen LogP contribution < -0.4 is 4.74 Å². The average Bonchev–Trinajstić information content (AvgIpc) is 3.55. The number of hydrogen-bond acceptors (Lipinski definition) is 8. The lowest BCUT2D eigenvalue weighted by Gasteiger charge is -2.39. The van der Waals surface area contributed by atoms with Crippen LogP contribution in [0.25, 0.3) is 11.3 Å². The highest BCUT2D eigenvalue weighted by molar-refractivity contribution is 6.28. The Hall–Kier alpha value is -3.57. The number of fused-ring (bicyclic) bond motifs is 2. The highest BCUT2D eigenvalue weighted by Crippen LogP contribution is 2.47. The molecule has 1 N–H and O–H groups in total. The average molecular weight is 572 g/mol. The van der Waals surface area contributed by atoms with E-state index in [1.54, 1.807) is 26.8 Å². The fraction of sp³-hybridized carbons (Fsp3) is 0.464. The van der Waals surface area contributed by atoms with Gasteiger partial charge in [-0.2, -0.15) is 4.98 Å². The summed E-state index contributed by atoms with van der Waals surface area (Å²) in [7, 11) is 0. The number of hydrogen-bond donors (Lipinski definition) is 1. The Labute approximate surface area is 236 Å². The minimum atomic E-state index is -0.755. The predicted molar refractivity (Wildman–Crippen MR) is 144 cm³/mol. The number of carbonyl (C=O) groups excluding carboxylic acids is 2. The molecule has 1 spiro atoms. The number of rotatable bonds is 6. The van der Waals surface area contributed by atoms with Crippen molar-refractivity contribution in [3.8, 4) is 23.0 Å². The van der Waals surface area contributed by atoms with E-state index in [2.05, 4.69) is 19.9 Å². The molecule has 0 saturated heterocycles. The standard InChI is InChI=1S/C28H31ClFN5O5/c1-5-38-14-16-13-32-25(29)34-22(16)39-23-20(30)17(8-11-31-23)19-12-18-21(33-19)28(9-6-7-10-28)15-35(24(18)36)26(37)40-27(2,3)4/h8,11-13,33H,5-7,9-10,14-15H2,1-4H3. The minimum Gasteiger partial charge on any atom is -0.443 e. The predicted octanol–water partition coefficient (Wildman–Crippen LogP) is 6.19. The van der Waals surface area contributed by atoms with Gasteiger partial charge in [0.15, 0.2) is 5.82 Å². The van der Waals surface area contributed by atoms with Gasteiger partial charge in [0.2, 0.25) is 11.2 Å². The number of halogens is 2. The molecule has 0 radical (unpaired) electrons. The normalized spacial score (nSPS) is 16.4. The van der Waals surface area contributed by atoms with Crippen LogP contribution in [0.1, 0.15) is 75.0 Å². The van der Waals surface area contributed by atoms with Crippen molar-refractivity contribution in [2.75, 3.05) is 13.2 Å². The number of nitrogens with one attached hydrogen (secondary N) is 1. The third kappa shape index (κ3) is 5.40. The van der Waals surface area contributed by atoms with E-state index >= 15 is 4.39 Å². The quantitative estimate of drug-likeness (QED) is 0.348. The number of aromatic amines is 1. The monoisotopic (exact) mass is 571 g/mol. The van der Waals surface area contributed by atoms with Crippen molar-refractivity contribution < 1.29 is 28.2 Å². The first kappa shape index (κ1) is 28.0. The Morgan fingerprint density at radius 3 is 2.65 bits per heavy atom. The first-order chi connectivity index (χ1) is 19.0.